The van der Waals surface area contributed by atoms with Crippen molar-refractivity contribution in [3.63, 3.8) is 0 Å². The van der Waals surface area contributed by atoms with Crippen LogP contribution in [0.1, 0.15) is 29.8 Å². The smallest absolute Gasteiger partial charge is 0.271 e. The normalized spacial score (nSPS) is 13.5. The average Bonchev–Trinajstić information content (AvgIpc) is 3.51. The van der Waals surface area contributed by atoms with E-state index in [9.17, 15) is 4.79 Å². The first-order valence-corrected chi connectivity index (χ1v) is 9.15. The summed E-state index contributed by atoms with van der Waals surface area (Å²) in [4.78, 5) is 11.8. The van der Waals surface area contributed by atoms with E-state index in [2.05, 4.69) is 15.5 Å². The van der Waals surface area contributed by atoms with Gasteiger partial charge in [0.25, 0.3) is 5.91 Å². The lowest BCUT2D eigenvalue weighted by Crippen LogP contribution is -2.18. The lowest BCUT2D eigenvalue weighted by molar-refractivity contribution is 0.0995. The summed E-state index contributed by atoms with van der Waals surface area (Å²) in [7, 11) is 1.65. The fourth-order valence-electron chi connectivity index (χ4n) is 3.32. The van der Waals surface area contributed by atoms with Crippen molar-refractivity contribution >= 4 is 22.5 Å². The maximum Gasteiger partial charge on any atom is 0.271 e. The van der Waals surface area contributed by atoms with Gasteiger partial charge in [-0.15, -0.1) is 10.2 Å². The van der Waals surface area contributed by atoms with Crippen LogP contribution >= 0.6 is 0 Å². The van der Waals surface area contributed by atoms with E-state index >= 15 is 0 Å². The summed E-state index contributed by atoms with van der Waals surface area (Å²) < 4.78 is 5.46. The lowest BCUT2D eigenvalue weighted by atomic mass is 10.0. The second-order valence-corrected chi connectivity index (χ2v) is 6.88. The number of hydrogen-bond acceptors (Lipinski definition) is 5. The van der Waals surface area contributed by atoms with Gasteiger partial charge in [-0.3, -0.25) is 4.79 Å². The molecule has 0 spiro atoms. The van der Waals surface area contributed by atoms with Gasteiger partial charge in [-0.05, 0) is 36.1 Å². The molecule has 3 aromatic rings. The number of carbonyl (C=O) groups excluding carboxylic acids is 1. The van der Waals surface area contributed by atoms with Gasteiger partial charge < -0.3 is 15.8 Å². The zero-order valence-corrected chi connectivity index (χ0v) is 15.2. The van der Waals surface area contributed by atoms with Crippen molar-refractivity contribution in [2.24, 2.45) is 11.7 Å². The first-order valence-electron chi connectivity index (χ1n) is 9.15. The van der Waals surface area contributed by atoms with E-state index in [0.29, 0.717) is 11.2 Å². The molecule has 0 radical (unpaired) electrons. The van der Waals surface area contributed by atoms with Gasteiger partial charge in [-0.25, -0.2) is 0 Å². The molecule has 6 nitrogen and oxygen atoms in total. The Morgan fingerprint density at radius 1 is 1.22 bits per heavy atom. The summed E-state index contributed by atoms with van der Waals surface area (Å²) >= 11 is 0. The van der Waals surface area contributed by atoms with Crippen molar-refractivity contribution in [2.75, 3.05) is 19.0 Å². The first kappa shape index (κ1) is 17.3. The van der Waals surface area contributed by atoms with E-state index in [-0.39, 0.29) is 5.69 Å². The van der Waals surface area contributed by atoms with E-state index < -0.39 is 5.91 Å². The molecule has 2 aromatic carbocycles. The number of hydrogen-bond donors (Lipinski definition) is 2. The Morgan fingerprint density at radius 2 is 2.04 bits per heavy atom. The molecule has 3 N–H and O–H groups in total. The van der Waals surface area contributed by atoms with Gasteiger partial charge in [-0.1, -0.05) is 37.1 Å². The minimum atomic E-state index is -0.577. The zero-order chi connectivity index (χ0) is 18.8. The highest BCUT2D eigenvalue weighted by Gasteiger charge is 2.21. The Hall–Kier alpha value is -3.15. The number of primary amides is 1. The van der Waals surface area contributed by atoms with Gasteiger partial charge in [0, 0.05) is 17.5 Å². The fourth-order valence-corrected chi connectivity index (χ4v) is 3.32. The summed E-state index contributed by atoms with van der Waals surface area (Å²) in [5, 5.41) is 12.5. The number of carbonyl (C=O) groups is 1. The third kappa shape index (κ3) is 3.56. The van der Waals surface area contributed by atoms with Crippen molar-refractivity contribution in [2.45, 2.75) is 19.3 Å². The molecule has 1 aliphatic carbocycles. The number of anilines is 1. The van der Waals surface area contributed by atoms with Gasteiger partial charge in [0.15, 0.2) is 5.69 Å². The largest absolute Gasteiger partial charge is 0.496 e. The molecule has 0 aliphatic heterocycles. The molecule has 1 amide bonds. The predicted octanol–water partition coefficient (Wildman–Crippen LogP) is 3.62. The summed E-state index contributed by atoms with van der Waals surface area (Å²) in [6.45, 7) is 0.792. The SMILES string of the molecule is COc1ccccc1-c1ccc2c(NCCC3CC3)c(C(N)=O)nnc2c1. The topological polar surface area (TPSA) is 90.1 Å². The Morgan fingerprint density at radius 3 is 2.78 bits per heavy atom. The average molecular weight is 362 g/mol. The highest BCUT2D eigenvalue weighted by atomic mass is 16.5. The Bertz CT molecular complexity index is 999. The maximum absolute atomic E-state index is 11.8. The van der Waals surface area contributed by atoms with Crippen LogP contribution in [0.3, 0.4) is 0 Å². The minimum absolute atomic E-state index is 0.184. The van der Waals surface area contributed by atoms with Crippen molar-refractivity contribution in [1.29, 1.82) is 0 Å². The summed E-state index contributed by atoms with van der Waals surface area (Å²) in [5.41, 5.74) is 9.02. The van der Waals surface area contributed by atoms with Gasteiger partial charge >= 0.3 is 0 Å². The van der Waals surface area contributed by atoms with Crippen LogP contribution in [0.2, 0.25) is 0 Å². The number of ether oxygens (including phenoxy) is 1. The van der Waals surface area contributed by atoms with Crippen molar-refractivity contribution in [3.8, 4) is 16.9 Å². The molecule has 4 rings (SSSR count). The molecule has 0 bridgehead atoms. The van der Waals surface area contributed by atoms with Crippen LogP contribution in [-0.4, -0.2) is 29.8 Å². The molecule has 0 unspecified atom stereocenters. The van der Waals surface area contributed by atoms with Gasteiger partial charge in [0.2, 0.25) is 0 Å². The highest BCUT2D eigenvalue weighted by molar-refractivity contribution is 6.05. The fraction of sp³-hybridized carbons (Fsp3) is 0.286. The van der Waals surface area contributed by atoms with Crippen molar-refractivity contribution in [3.05, 3.63) is 48.2 Å². The summed E-state index contributed by atoms with van der Waals surface area (Å²) in [6, 6.07) is 13.7. The van der Waals surface area contributed by atoms with Crippen LogP contribution in [0.5, 0.6) is 5.75 Å². The molecule has 1 aromatic heterocycles. The van der Waals surface area contributed by atoms with Gasteiger partial charge in [-0.2, -0.15) is 0 Å². The van der Waals surface area contributed by atoms with Gasteiger partial charge in [0.05, 0.1) is 18.3 Å². The third-order valence-corrected chi connectivity index (χ3v) is 4.96. The van der Waals surface area contributed by atoms with Crippen molar-refractivity contribution < 1.29 is 9.53 Å². The predicted molar refractivity (Wildman–Crippen MR) is 106 cm³/mol. The van der Waals surface area contributed by atoms with Crippen molar-refractivity contribution in [1.82, 2.24) is 10.2 Å². The molecule has 6 heteroatoms. The molecule has 0 atom stereocenters. The Labute approximate surface area is 157 Å². The number of rotatable bonds is 7. The number of amides is 1. The molecule has 1 fully saturated rings. The standard InChI is InChI=1S/C21H22N4O2/c1-27-18-5-3-2-4-15(18)14-8-9-16-17(12-14)24-25-20(21(22)26)19(16)23-11-10-13-6-7-13/h2-5,8-9,12-13H,6-7,10-11H2,1H3,(H2,22,26)(H,23,24). The van der Waals surface area contributed by atoms with E-state index in [4.69, 9.17) is 10.5 Å². The molecular weight excluding hydrogens is 340 g/mol. The quantitative estimate of drug-likeness (QED) is 0.670. The number of nitrogens with two attached hydrogens (primary N) is 1. The number of aromatic nitrogens is 2. The first-order chi connectivity index (χ1) is 13.2. The number of nitrogens with one attached hydrogen (secondary N) is 1. The van der Waals surface area contributed by atoms with Crippen LogP contribution < -0.4 is 15.8 Å². The number of para-hydroxylation sites is 1. The zero-order valence-electron chi connectivity index (χ0n) is 15.2. The molecule has 138 valence electrons. The highest BCUT2D eigenvalue weighted by Crippen LogP contribution is 2.35. The van der Waals surface area contributed by atoms with E-state index in [1.165, 1.54) is 12.8 Å². The molecule has 1 aliphatic rings. The van der Waals surface area contributed by atoms with E-state index in [0.717, 1.165) is 41.1 Å². The lowest BCUT2D eigenvalue weighted by Gasteiger charge is -2.13. The number of fused-ring (bicyclic) bond motifs is 1. The number of benzene rings is 2. The van der Waals surface area contributed by atoms with Crippen LogP contribution in [0.25, 0.3) is 22.0 Å². The van der Waals surface area contributed by atoms with E-state index in [1.54, 1.807) is 7.11 Å². The van der Waals surface area contributed by atoms with Crippen LogP contribution in [0.15, 0.2) is 42.5 Å². The van der Waals surface area contributed by atoms with Crippen LogP contribution in [0, 0.1) is 5.92 Å². The number of methoxy groups -OCH3 is 1. The number of nitrogens with zero attached hydrogens (tertiary/aromatic N) is 2. The molecular formula is C21H22N4O2. The molecule has 1 heterocycles. The summed E-state index contributed by atoms with van der Waals surface area (Å²) in [5.74, 6) is 1.02. The van der Waals surface area contributed by atoms with E-state index in [1.807, 2.05) is 42.5 Å². The Kier molecular flexibility index (Phi) is 4.62. The molecule has 27 heavy (non-hydrogen) atoms. The monoisotopic (exact) mass is 362 g/mol. The van der Waals surface area contributed by atoms with Gasteiger partial charge in [0.1, 0.15) is 5.75 Å². The van der Waals surface area contributed by atoms with Crippen LogP contribution in [0.4, 0.5) is 5.69 Å². The Balaban J connectivity index is 1.75. The second kappa shape index (κ2) is 7.23. The summed E-state index contributed by atoms with van der Waals surface area (Å²) in [6.07, 6.45) is 3.67. The second-order valence-electron chi connectivity index (χ2n) is 6.88. The van der Waals surface area contributed by atoms with Crippen LogP contribution in [-0.2, 0) is 0 Å². The third-order valence-electron chi connectivity index (χ3n) is 4.96. The molecule has 1 saturated carbocycles. The molecule has 0 saturated heterocycles. The maximum atomic E-state index is 11.8. The minimum Gasteiger partial charge on any atom is -0.496 e.